The smallest absolute Gasteiger partial charge is 0.320 e. The standard InChI is InChI=1S/C18H24N6O/c25-18(21-12-11-20-16-7-4-9-19-13-16)23-17-8-10-22-24(17)14-15-5-2-1-3-6-15/h1-2,4,7-10,13,15,20H,3,5-6,11-12,14H2,(H2,21,23,25). The van der Waals surface area contributed by atoms with Gasteiger partial charge in [-0.15, -0.1) is 0 Å². The van der Waals surface area contributed by atoms with E-state index in [0.29, 0.717) is 19.0 Å². The monoisotopic (exact) mass is 340 g/mol. The quantitative estimate of drug-likeness (QED) is 0.534. The summed E-state index contributed by atoms with van der Waals surface area (Å²) in [7, 11) is 0. The Balaban J connectivity index is 1.40. The Bertz CT molecular complexity index is 697. The fraction of sp³-hybridized carbons (Fsp3) is 0.389. The van der Waals surface area contributed by atoms with Crippen molar-refractivity contribution in [2.75, 3.05) is 23.7 Å². The summed E-state index contributed by atoms with van der Waals surface area (Å²) in [5, 5.41) is 13.2. The maximum absolute atomic E-state index is 12.1. The molecule has 0 bridgehead atoms. The van der Waals surface area contributed by atoms with E-state index in [-0.39, 0.29) is 6.03 Å². The lowest BCUT2D eigenvalue weighted by atomic mass is 9.94. The summed E-state index contributed by atoms with van der Waals surface area (Å²) >= 11 is 0. The highest BCUT2D eigenvalue weighted by molar-refractivity contribution is 5.88. The Morgan fingerprint density at radius 2 is 2.20 bits per heavy atom. The van der Waals surface area contributed by atoms with Crippen LogP contribution < -0.4 is 16.0 Å². The average Bonchev–Trinajstić information content (AvgIpc) is 3.07. The van der Waals surface area contributed by atoms with Gasteiger partial charge < -0.3 is 10.6 Å². The van der Waals surface area contributed by atoms with Gasteiger partial charge in [-0.1, -0.05) is 12.2 Å². The number of hydrogen-bond donors (Lipinski definition) is 3. The molecule has 1 unspecified atom stereocenters. The molecule has 0 fully saturated rings. The lowest BCUT2D eigenvalue weighted by Gasteiger charge is -2.19. The summed E-state index contributed by atoms with van der Waals surface area (Å²) in [6.07, 6.45) is 13.0. The Morgan fingerprint density at radius 1 is 1.24 bits per heavy atom. The number of carbonyl (C=O) groups is 1. The van der Waals surface area contributed by atoms with Crippen LogP contribution >= 0.6 is 0 Å². The van der Waals surface area contributed by atoms with Crippen LogP contribution in [0.5, 0.6) is 0 Å². The van der Waals surface area contributed by atoms with Gasteiger partial charge in [0.1, 0.15) is 5.82 Å². The van der Waals surface area contributed by atoms with E-state index < -0.39 is 0 Å². The van der Waals surface area contributed by atoms with Gasteiger partial charge in [-0.2, -0.15) is 5.10 Å². The molecular formula is C18H24N6O. The zero-order valence-corrected chi connectivity index (χ0v) is 14.2. The fourth-order valence-corrected chi connectivity index (χ4v) is 2.86. The van der Waals surface area contributed by atoms with E-state index in [1.165, 1.54) is 6.42 Å². The zero-order chi connectivity index (χ0) is 17.3. The molecule has 1 atom stereocenters. The summed E-state index contributed by atoms with van der Waals surface area (Å²) in [5.74, 6) is 1.31. The molecule has 0 saturated heterocycles. The molecule has 0 radical (unpaired) electrons. The number of pyridine rings is 1. The third-order valence-electron chi connectivity index (χ3n) is 4.17. The molecule has 25 heavy (non-hydrogen) atoms. The van der Waals surface area contributed by atoms with Gasteiger partial charge in [0.25, 0.3) is 0 Å². The fourth-order valence-electron chi connectivity index (χ4n) is 2.86. The highest BCUT2D eigenvalue weighted by atomic mass is 16.2. The van der Waals surface area contributed by atoms with E-state index in [9.17, 15) is 4.79 Å². The SMILES string of the molecule is O=C(NCCNc1cccnc1)Nc1ccnn1CC1CC=CCC1. The first-order valence-corrected chi connectivity index (χ1v) is 8.67. The van der Waals surface area contributed by atoms with E-state index in [4.69, 9.17) is 0 Å². The minimum atomic E-state index is -0.224. The maximum Gasteiger partial charge on any atom is 0.320 e. The maximum atomic E-state index is 12.1. The molecule has 0 spiro atoms. The van der Waals surface area contributed by atoms with Crippen LogP contribution in [0.1, 0.15) is 19.3 Å². The van der Waals surface area contributed by atoms with Gasteiger partial charge in [-0.25, -0.2) is 9.48 Å². The van der Waals surface area contributed by atoms with Crippen molar-refractivity contribution in [3.63, 3.8) is 0 Å². The third kappa shape index (κ3) is 5.34. The number of urea groups is 1. The predicted octanol–water partition coefficient (Wildman–Crippen LogP) is 2.87. The Labute approximate surface area is 147 Å². The third-order valence-corrected chi connectivity index (χ3v) is 4.17. The van der Waals surface area contributed by atoms with Crippen LogP contribution in [0.4, 0.5) is 16.3 Å². The number of anilines is 2. The molecule has 2 amide bonds. The summed E-state index contributed by atoms with van der Waals surface area (Å²) < 4.78 is 1.87. The van der Waals surface area contributed by atoms with Gasteiger partial charge in [-0.05, 0) is 37.3 Å². The van der Waals surface area contributed by atoms with Crippen molar-refractivity contribution in [2.24, 2.45) is 5.92 Å². The normalized spacial score (nSPS) is 16.4. The minimum absolute atomic E-state index is 0.224. The molecule has 1 aliphatic rings. The largest absolute Gasteiger partial charge is 0.382 e. The van der Waals surface area contributed by atoms with Crippen molar-refractivity contribution >= 4 is 17.5 Å². The minimum Gasteiger partial charge on any atom is -0.382 e. The van der Waals surface area contributed by atoms with Gasteiger partial charge in [0.15, 0.2) is 0 Å². The summed E-state index contributed by atoms with van der Waals surface area (Å²) in [4.78, 5) is 16.1. The Kier molecular flexibility index (Phi) is 6.03. The lowest BCUT2D eigenvalue weighted by molar-refractivity contribution is 0.252. The summed E-state index contributed by atoms with van der Waals surface area (Å²) in [6, 6.07) is 5.41. The molecule has 2 heterocycles. The van der Waals surface area contributed by atoms with Gasteiger partial charge in [0.05, 0.1) is 11.9 Å². The summed E-state index contributed by atoms with van der Waals surface area (Å²) in [5.41, 5.74) is 0.935. The van der Waals surface area contributed by atoms with Crippen molar-refractivity contribution in [3.8, 4) is 0 Å². The van der Waals surface area contributed by atoms with Crippen molar-refractivity contribution in [1.29, 1.82) is 0 Å². The molecule has 2 aromatic heterocycles. The van der Waals surface area contributed by atoms with Crippen molar-refractivity contribution in [3.05, 3.63) is 48.9 Å². The van der Waals surface area contributed by atoms with Crippen LogP contribution in [-0.2, 0) is 6.54 Å². The first-order chi connectivity index (χ1) is 12.3. The highest BCUT2D eigenvalue weighted by Crippen LogP contribution is 2.21. The van der Waals surface area contributed by atoms with Crippen LogP contribution in [0.2, 0.25) is 0 Å². The van der Waals surface area contributed by atoms with Crippen molar-refractivity contribution in [2.45, 2.75) is 25.8 Å². The van der Waals surface area contributed by atoms with Crippen LogP contribution in [0, 0.1) is 5.92 Å². The molecule has 7 heteroatoms. The molecule has 2 aromatic rings. The molecule has 0 saturated carbocycles. The van der Waals surface area contributed by atoms with E-state index in [1.54, 1.807) is 18.6 Å². The second-order valence-corrected chi connectivity index (χ2v) is 6.10. The molecule has 0 aliphatic heterocycles. The van der Waals surface area contributed by atoms with E-state index in [2.05, 4.69) is 38.2 Å². The average molecular weight is 340 g/mol. The molecule has 3 N–H and O–H groups in total. The lowest BCUT2D eigenvalue weighted by Crippen LogP contribution is -2.33. The number of rotatable bonds is 7. The van der Waals surface area contributed by atoms with Crippen LogP contribution in [-0.4, -0.2) is 33.9 Å². The van der Waals surface area contributed by atoms with Gasteiger partial charge >= 0.3 is 6.03 Å². The molecule has 1 aliphatic carbocycles. The van der Waals surface area contributed by atoms with Gasteiger partial charge in [0, 0.05) is 38.1 Å². The number of nitrogens with zero attached hydrogens (tertiary/aromatic N) is 3. The highest BCUT2D eigenvalue weighted by Gasteiger charge is 2.14. The van der Waals surface area contributed by atoms with E-state index in [1.807, 2.05) is 22.9 Å². The summed E-state index contributed by atoms with van der Waals surface area (Å²) in [6.45, 7) is 1.98. The molecular weight excluding hydrogens is 316 g/mol. The van der Waals surface area contributed by atoms with Crippen LogP contribution in [0.25, 0.3) is 0 Å². The number of aromatic nitrogens is 3. The van der Waals surface area contributed by atoms with E-state index >= 15 is 0 Å². The number of nitrogens with one attached hydrogen (secondary N) is 3. The number of amides is 2. The van der Waals surface area contributed by atoms with Gasteiger partial charge in [-0.3, -0.25) is 10.3 Å². The van der Waals surface area contributed by atoms with Crippen LogP contribution in [0.3, 0.4) is 0 Å². The molecule has 7 nitrogen and oxygen atoms in total. The van der Waals surface area contributed by atoms with Gasteiger partial charge in [0.2, 0.25) is 0 Å². The van der Waals surface area contributed by atoms with Crippen LogP contribution in [0.15, 0.2) is 48.9 Å². The predicted molar refractivity (Wildman–Crippen MR) is 98.5 cm³/mol. The molecule has 3 rings (SSSR count). The zero-order valence-electron chi connectivity index (χ0n) is 14.2. The Morgan fingerprint density at radius 3 is 3.00 bits per heavy atom. The molecule has 132 valence electrons. The molecule has 0 aromatic carbocycles. The van der Waals surface area contributed by atoms with Crippen molar-refractivity contribution in [1.82, 2.24) is 20.1 Å². The Hall–Kier alpha value is -2.83. The first-order valence-electron chi connectivity index (χ1n) is 8.67. The topological polar surface area (TPSA) is 83.9 Å². The second-order valence-electron chi connectivity index (χ2n) is 6.10. The first kappa shape index (κ1) is 17.0. The van der Waals surface area contributed by atoms with Crippen molar-refractivity contribution < 1.29 is 4.79 Å². The van der Waals surface area contributed by atoms with E-state index in [0.717, 1.165) is 30.9 Å². The second kappa shape index (κ2) is 8.86. The number of hydrogen-bond acceptors (Lipinski definition) is 4. The number of allylic oxidation sites excluding steroid dienone is 2. The number of carbonyl (C=O) groups excluding carboxylic acids is 1.